The van der Waals surface area contributed by atoms with Gasteiger partial charge in [-0.3, -0.25) is 0 Å². The molecule has 1 rings (SSSR count). The molecule has 1 aromatic carbocycles. The molecule has 0 atom stereocenters. The van der Waals surface area contributed by atoms with Gasteiger partial charge in [-0.2, -0.15) is 0 Å². The first-order valence-electron chi connectivity index (χ1n) is 5.75. The van der Waals surface area contributed by atoms with Gasteiger partial charge in [0.15, 0.2) is 0 Å². The third kappa shape index (κ3) is 3.83. The maximum atomic E-state index is 5.74. The van der Waals surface area contributed by atoms with Crippen LogP contribution in [0.1, 0.15) is 24.5 Å². The molecule has 0 aromatic heterocycles. The molecule has 0 aliphatic rings. The summed E-state index contributed by atoms with van der Waals surface area (Å²) in [7, 11) is 1.70. The molecule has 16 heavy (non-hydrogen) atoms. The van der Waals surface area contributed by atoms with Crippen LogP contribution in [0.5, 0.6) is 5.75 Å². The highest BCUT2D eigenvalue weighted by atomic mass is 16.5. The van der Waals surface area contributed by atoms with Gasteiger partial charge in [-0.05, 0) is 23.6 Å². The highest BCUT2D eigenvalue weighted by Crippen LogP contribution is 2.21. The van der Waals surface area contributed by atoms with Crippen molar-refractivity contribution in [2.24, 2.45) is 5.73 Å². The Morgan fingerprint density at radius 2 is 2.06 bits per heavy atom. The molecule has 0 amide bonds. The lowest BCUT2D eigenvalue weighted by Gasteiger charge is -2.11. The van der Waals surface area contributed by atoms with Gasteiger partial charge in [-0.25, -0.2) is 0 Å². The smallest absolute Gasteiger partial charge is 0.122 e. The van der Waals surface area contributed by atoms with E-state index in [1.807, 2.05) is 6.07 Å². The summed E-state index contributed by atoms with van der Waals surface area (Å²) in [4.78, 5) is 0. The molecule has 0 saturated carbocycles. The molecule has 1 aromatic rings. The molecular weight excluding hydrogens is 202 g/mol. The minimum absolute atomic E-state index is 0.554. The number of hydrogen-bond donors (Lipinski definition) is 1. The van der Waals surface area contributed by atoms with Gasteiger partial charge in [0.1, 0.15) is 5.75 Å². The lowest BCUT2D eigenvalue weighted by molar-refractivity contribution is 0.172. The number of nitrogens with two attached hydrogens (primary N) is 1. The van der Waals surface area contributed by atoms with Gasteiger partial charge in [0.2, 0.25) is 0 Å². The van der Waals surface area contributed by atoms with Crippen LogP contribution >= 0.6 is 0 Å². The fourth-order valence-corrected chi connectivity index (χ4v) is 1.54. The van der Waals surface area contributed by atoms with Crippen molar-refractivity contribution in [3.63, 3.8) is 0 Å². The molecule has 3 nitrogen and oxygen atoms in total. The van der Waals surface area contributed by atoms with Crippen molar-refractivity contribution >= 4 is 0 Å². The molecule has 0 fully saturated rings. The maximum Gasteiger partial charge on any atom is 0.122 e. The van der Waals surface area contributed by atoms with E-state index in [4.69, 9.17) is 15.2 Å². The maximum absolute atomic E-state index is 5.74. The number of hydrogen-bond acceptors (Lipinski definition) is 3. The Hall–Kier alpha value is -1.06. The Morgan fingerprint density at radius 3 is 2.69 bits per heavy atom. The van der Waals surface area contributed by atoms with E-state index in [9.17, 15) is 0 Å². The van der Waals surface area contributed by atoms with Crippen molar-refractivity contribution in [1.82, 2.24) is 0 Å². The van der Waals surface area contributed by atoms with Crippen LogP contribution in [0.2, 0.25) is 0 Å². The summed E-state index contributed by atoms with van der Waals surface area (Å²) in [6.07, 6.45) is 1.89. The lowest BCUT2D eigenvalue weighted by Crippen LogP contribution is -2.04. The fraction of sp³-hybridized carbons (Fsp3) is 0.538. The van der Waals surface area contributed by atoms with Gasteiger partial charge in [-0.1, -0.05) is 19.1 Å². The van der Waals surface area contributed by atoms with E-state index in [1.165, 1.54) is 5.56 Å². The normalized spacial score (nSPS) is 10.4. The number of aryl methyl sites for hydroxylation is 1. The first kappa shape index (κ1) is 13.0. The van der Waals surface area contributed by atoms with Crippen LogP contribution in [-0.2, 0) is 17.7 Å². The molecule has 0 aliphatic heterocycles. The Bertz CT molecular complexity index is 313. The second-order valence-electron chi connectivity index (χ2n) is 3.69. The van der Waals surface area contributed by atoms with Crippen LogP contribution < -0.4 is 10.5 Å². The zero-order chi connectivity index (χ0) is 11.8. The predicted octanol–water partition coefficient (Wildman–Crippen LogP) is 2.12. The minimum Gasteiger partial charge on any atom is -0.493 e. The molecule has 0 bridgehead atoms. The van der Waals surface area contributed by atoms with E-state index < -0.39 is 0 Å². The largest absolute Gasteiger partial charge is 0.493 e. The average molecular weight is 223 g/mol. The van der Waals surface area contributed by atoms with Crippen LogP contribution in [0.15, 0.2) is 18.2 Å². The average Bonchev–Trinajstić information content (AvgIpc) is 2.34. The Morgan fingerprint density at radius 1 is 1.25 bits per heavy atom. The second kappa shape index (κ2) is 7.25. The minimum atomic E-state index is 0.554. The van der Waals surface area contributed by atoms with Gasteiger partial charge in [-0.15, -0.1) is 0 Å². The molecule has 3 heteroatoms. The van der Waals surface area contributed by atoms with E-state index in [1.54, 1.807) is 7.11 Å². The number of methoxy groups -OCH3 is 1. The van der Waals surface area contributed by atoms with Crippen molar-refractivity contribution in [1.29, 1.82) is 0 Å². The molecule has 0 heterocycles. The van der Waals surface area contributed by atoms with Crippen LogP contribution in [0.25, 0.3) is 0 Å². The Kier molecular flexibility index (Phi) is 5.90. The van der Waals surface area contributed by atoms with E-state index in [-0.39, 0.29) is 0 Å². The summed E-state index contributed by atoms with van der Waals surface area (Å²) in [5.74, 6) is 0.960. The Labute approximate surface area is 97.6 Å². The third-order valence-corrected chi connectivity index (χ3v) is 2.50. The monoisotopic (exact) mass is 223 g/mol. The number of ether oxygens (including phenoxy) is 2. The summed E-state index contributed by atoms with van der Waals surface area (Å²) < 4.78 is 10.7. The quantitative estimate of drug-likeness (QED) is 0.720. The molecule has 2 N–H and O–H groups in total. The van der Waals surface area contributed by atoms with E-state index in [0.717, 1.165) is 30.8 Å². The van der Waals surface area contributed by atoms with Crippen LogP contribution in [0.3, 0.4) is 0 Å². The third-order valence-electron chi connectivity index (χ3n) is 2.50. The highest BCUT2D eigenvalue weighted by molar-refractivity contribution is 5.37. The van der Waals surface area contributed by atoms with E-state index in [2.05, 4.69) is 19.1 Å². The lowest BCUT2D eigenvalue weighted by atomic mass is 10.1. The SMILES string of the molecule is CCc1ccc(CN)cc1OCCCOC. The molecular formula is C13H21NO2. The first-order valence-corrected chi connectivity index (χ1v) is 5.75. The van der Waals surface area contributed by atoms with Crippen molar-refractivity contribution in [2.45, 2.75) is 26.3 Å². The van der Waals surface area contributed by atoms with Crippen LogP contribution in [0, 0.1) is 0 Å². The molecule has 90 valence electrons. The fourth-order valence-electron chi connectivity index (χ4n) is 1.54. The Balaban J connectivity index is 2.60. The molecule has 0 radical (unpaired) electrons. The van der Waals surface area contributed by atoms with Crippen LogP contribution in [-0.4, -0.2) is 20.3 Å². The van der Waals surface area contributed by atoms with Crippen LogP contribution in [0.4, 0.5) is 0 Å². The summed E-state index contributed by atoms with van der Waals surface area (Å²) in [6, 6.07) is 6.18. The van der Waals surface area contributed by atoms with Crippen molar-refractivity contribution in [3.8, 4) is 5.75 Å². The molecule has 0 unspecified atom stereocenters. The van der Waals surface area contributed by atoms with Gasteiger partial charge in [0.25, 0.3) is 0 Å². The van der Waals surface area contributed by atoms with Gasteiger partial charge in [0, 0.05) is 26.7 Å². The standard InChI is InChI=1S/C13H21NO2/c1-3-12-6-5-11(10-14)9-13(12)16-8-4-7-15-2/h5-6,9H,3-4,7-8,10,14H2,1-2H3. The summed E-state index contributed by atoms with van der Waals surface area (Å²) in [6.45, 7) is 4.10. The number of benzene rings is 1. The highest BCUT2D eigenvalue weighted by Gasteiger charge is 2.03. The number of rotatable bonds is 7. The second-order valence-corrected chi connectivity index (χ2v) is 3.69. The summed E-state index contributed by atoms with van der Waals surface area (Å²) >= 11 is 0. The molecule has 0 spiro atoms. The van der Waals surface area contributed by atoms with E-state index >= 15 is 0 Å². The predicted molar refractivity (Wildman–Crippen MR) is 65.7 cm³/mol. The molecule has 0 saturated heterocycles. The van der Waals surface area contributed by atoms with Crippen molar-refractivity contribution in [2.75, 3.05) is 20.3 Å². The van der Waals surface area contributed by atoms with Gasteiger partial charge < -0.3 is 15.2 Å². The van der Waals surface area contributed by atoms with E-state index in [0.29, 0.717) is 13.2 Å². The van der Waals surface area contributed by atoms with Gasteiger partial charge in [0.05, 0.1) is 6.61 Å². The zero-order valence-electron chi connectivity index (χ0n) is 10.2. The summed E-state index contributed by atoms with van der Waals surface area (Å²) in [5, 5.41) is 0. The topological polar surface area (TPSA) is 44.5 Å². The molecule has 0 aliphatic carbocycles. The van der Waals surface area contributed by atoms with Crippen molar-refractivity contribution < 1.29 is 9.47 Å². The first-order chi connectivity index (χ1) is 7.81. The zero-order valence-corrected chi connectivity index (χ0v) is 10.2. The summed E-state index contributed by atoms with van der Waals surface area (Å²) in [5.41, 5.74) is 7.95. The van der Waals surface area contributed by atoms with Gasteiger partial charge >= 0.3 is 0 Å². The van der Waals surface area contributed by atoms with Crippen molar-refractivity contribution in [3.05, 3.63) is 29.3 Å².